The van der Waals surface area contributed by atoms with E-state index in [0.29, 0.717) is 12.3 Å². The fraction of sp³-hybridized carbons (Fsp3) is 1.00. The normalized spacial score (nSPS) is 12.9. The Bertz CT molecular complexity index is 316. The minimum Gasteiger partial charge on any atom is -1.00 e. The largest absolute Gasteiger partial charge is 1.00 e. The van der Waals surface area contributed by atoms with Crippen LogP contribution in [0.3, 0.4) is 0 Å². The van der Waals surface area contributed by atoms with Crippen LogP contribution in [0.25, 0.3) is 0 Å². The number of unbranched alkanes of at least 4 members (excludes halogenated alkanes) is 6. The smallest absolute Gasteiger partial charge is 1.00 e. The first-order chi connectivity index (χ1) is 9.55. The van der Waals surface area contributed by atoms with Crippen molar-refractivity contribution in [2.45, 2.75) is 84.5 Å². The van der Waals surface area contributed by atoms with E-state index in [9.17, 15) is 8.42 Å². The fourth-order valence-electron chi connectivity index (χ4n) is 2.54. The van der Waals surface area contributed by atoms with Crippen molar-refractivity contribution < 1.29 is 43.7 Å². The third kappa shape index (κ3) is 15.5. The molecule has 0 bridgehead atoms. The molecule has 1 unspecified atom stereocenters. The summed E-state index contributed by atoms with van der Waals surface area (Å²) in [5.74, 6) is 5.39. The van der Waals surface area contributed by atoms with E-state index < -0.39 is 10.1 Å². The molecule has 0 radical (unpaired) electrons. The van der Waals surface area contributed by atoms with E-state index in [2.05, 4.69) is 18.1 Å². The van der Waals surface area contributed by atoms with Gasteiger partial charge in [0.15, 0.2) is 0 Å². The van der Waals surface area contributed by atoms with Crippen molar-refractivity contribution in [3.63, 3.8) is 0 Å². The summed E-state index contributed by atoms with van der Waals surface area (Å²) < 4.78 is 26.2. The van der Waals surface area contributed by atoms with E-state index >= 15 is 0 Å². The average Bonchev–Trinajstić information content (AvgIpc) is 2.44. The molecule has 0 saturated carbocycles. The predicted octanol–water partition coefficient (Wildman–Crippen LogP) is 1.27. The summed E-state index contributed by atoms with van der Waals surface area (Å²) in [5, 5.41) is 0. The van der Waals surface area contributed by atoms with Gasteiger partial charge in [0.05, 0.1) is 5.75 Å². The molecule has 0 aromatic carbocycles. The van der Waals surface area contributed by atoms with Crippen molar-refractivity contribution in [3.05, 3.63) is 0 Å². The van der Waals surface area contributed by atoms with Crippen molar-refractivity contribution >= 4 is 10.1 Å². The summed E-state index contributed by atoms with van der Waals surface area (Å²) in [7, 11) is -3.48. The van der Waals surface area contributed by atoms with Crippen molar-refractivity contribution in [3.8, 4) is 0 Å². The molecule has 0 aromatic heterocycles. The van der Waals surface area contributed by atoms with Crippen molar-refractivity contribution in [1.82, 2.24) is 0 Å². The first-order valence-electron chi connectivity index (χ1n) is 8.16. The van der Waals surface area contributed by atoms with Crippen LogP contribution in [0.1, 0.15) is 85.9 Å². The maximum Gasteiger partial charge on any atom is 1.00 e. The van der Waals surface area contributed by atoms with E-state index in [1.54, 1.807) is 0 Å². The van der Waals surface area contributed by atoms with E-state index in [1.165, 1.54) is 51.4 Å². The van der Waals surface area contributed by atoms with Crippen LogP contribution in [0.2, 0.25) is 0 Å². The second kappa shape index (κ2) is 15.8. The van der Waals surface area contributed by atoms with Crippen LogP contribution < -0.4 is 35.5 Å². The molecule has 124 valence electrons. The van der Waals surface area contributed by atoms with Crippen LogP contribution in [0.15, 0.2) is 0 Å². The van der Waals surface area contributed by atoms with Gasteiger partial charge < -0.3 is 1.43 Å². The molecule has 0 aromatic rings. The van der Waals surface area contributed by atoms with Gasteiger partial charge >= 0.3 is 29.6 Å². The van der Waals surface area contributed by atoms with Crippen LogP contribution >= 0.6 is 0 Å². The quantitative estimate of drug-likeness (QED) is 0.296. The Balaban J connectivity index is -0.00000180. The van der Waals surface area contributed by atoms with E-state index in [4.69, 9.17) is 5.90 Å². The zero-order valence-electron chi connectivity index (χ0n) is 15.3. The Hall–Kier alpha value is 0.870. The Morgan fingerprint density at radius 3 is 2.00 bits per heavy atom. The molecular formula is C15H34NNaO3S. The van der Waals surface area contributed by atoms with E-state index in [-0.39, 0.29) is 36.7 Å². The first-order valence-corrected chi connectivity index (χ1v) is 9.74. The molecule has 1 atom stereocenters. The molecule has 0 fully saturated rings. The van der Waals surface area contributed by atoms with Crippen LogP contribution in [-0.2, 0) is 14.4 Å². The van der Waals surface area contributed by atoms with Crippen molar-refractivity contribution in [2.24, 2.45) is 11.8 Å². The Labute approximate surface area is 155 Å². The molecule has 0 aliphatic heterocycles. The summed E-state index contributed by atoms with van der Waals surface area (Å²) in [6.45, 7) is 4.42. The van der Waals surface area contributed by atoms with Gasteiger partial charge in [-0.05, 0) is 18.8 Å². The monoisotopic (exact) mass is 331 g/mol. The van der Waals surface area contributed by atoms with Gasteiger partial charge in [0, 0.05) is 0 Å². The number of hydrogen-bond acceptors (Lipinski definition) is 4. The molecule has 0 saturated heterocycles. The summed E-state index contributed by atoms with van der Waals surface area (Å²) in [6.07, 6.45) is 13.2. The number of nitrogens with two attached hydrogens (primary N) is 1. The van der Waals surface area contributed by atoms with Crippen LogP contribution in [-0.4, -0.2) is 14.2 Å². The minimum atomic E-state index is -3.48. The molecule has 0 amide bonds. The molecule has 2 N–H and O–H groups in total. The standard InChI is InChI=1S/C15H33NO3S.Na.H/c1-3-5-6-7-8-9-10-12-15(4-2)13-11-14-20(17,18)19-16;;/h15H,3-14,16H2,1-2H3;;/q;+1;-1. The van der Waals surface area contributed by atoms with Crippen molar-refractivity contribution in [2.75, 3.05) is 5.75 Å². The average molecular weight is 331 g/mol. The fourth-order valence-corrected chi connectivity index (χ4v) is 3.16. The van der Waals surface area contributed by atoms with Gasteiger partial charge in [-0.25, -0.2) is 0 Å². The zero-order valence-corrected chi connectivity index (χ0v) is 17.1. The third-order valence-corrected chi connectivity index (χ3v) is 5.03. The van der Waals surface area contributed by atoms with Gasteiger partial charge in [-0.15, -0.1) is 0 Å². The second-order valence-corrected chi connectivity index (χ2v) is 7.40. The molecule has 0 aliphatic carbocycles. The maximum atomic E-state index is 11.1. The second-order valence-electron chi connectivity index (χ2n) is 5.68. The van der Waals surface area contributed by atoms with Gasteiger partial charge in [-0.1, -0.05) is 71.6 Å². The zero-order chi connectivity index (χ0) is 15.3. The van der Waals surface area contributed by atoms with Gasteiger partial charge in [0.25, 0.3) is 10.1 Å². The predicted molar refractivity (Wildman–Crippen MR) is 85.8 cm³/mol. The molecule has 4 nitrogen and oxygen atoms in total. The summed E-state index contributed by atoms with van der Waals surface area (Å²) in [6, 6.07) is 0. The molecule has 0 spiro atoms. The Morgan fingerprint density at radius 1 is 0.952 bits per heavy atom. The van der Waals surface area contributed by atoms with Gasteiger partial charge in [-0.3, -0.25) is 0 Å². The molecule has 0 rings (SSSR count). The maximum absolute atomic E-state index is 11.1. The number of hydrogen-bond donors (Lipinski definition) is 1. The first kappa shape index (κ1) is 24.1. The molecular weight excluding hydrogens is 297 g/mol. The van der Waals surface area contributed by atoms with Gasteiger partial charge in [0.2, 0.25) is 0 Å². The Morgan fingerprint density at radius 2 is 1.48 bits per heavy atom. The van der Waals surface area contributed by atoms with E-state index in [1.807, 2.05) is 0 Å². The summed E-state index contributed by atoms with van der Waals surface area (Å²) >= 11 is 0. The molecule has 0 heterocycles. The van der Waals surface area contributed by atoms with Gasteiger partial charge in [0.1, 0.15) is 0 Å². The summed E-state index contributed by atoms with van der Waals surface area (Å²) in [5.41, 5.74) is 0. The minimum absolute atomic E-state index is 0. The van der Waals surface area contributed by atoms with Crippen molar-refractivity contribution in [1.29, 1.82) is 0 Å². The third-order valence-electron chi connectivity index (χ3n) is 3.95. The molecule has 21 heavy (non-hydrogen) atoms. The Kier molecular flexibility index (Phi) is 18.1. The van der Waals surface area contributed by atoms with Crippen LogP contribution in [0.5, 0.6) is 0 Å². The van der Waals surface area contributed by atoms with Crippen LogP contribution in [0.4, 0.5) is 0 Å². The van der Waals surface area contributed by atoms with Crippen LogP contribution in [0, 0.1) is 5.92 Å². The van der Waals surface area contributed by atoms with E-state index in [0.717, 1.165) is 12.8 Å². The number of rotatable bonds is 14. The topological polar surface area (TPSA) is 69.4 Å². The summed E-state index contributed by atoms with van der Waals surface area (Å²) in [4.78, 5) is 0. The van der Waals surface area contributed by atoms with Gasteiger partial charge in [-0.2, -0.15) is 18.6 Å². The SMILES string of the molecule is CCCCCCCCCC(CC)CCCS(=O)(=O)ON.[H-].[Na+]. The molecule has 6 heteroatoms. The molecule has 0 aliphatic rings.